The Labute approximate surface area is 129 Å². The lowest BCUT2D eigenvalue weighted by molar-refractivity contribution is 0.495. The van der Waals surface area contributed by atoms with E-state index in [0.29, 0.717) is 6.42 Å². The van der Waals surface area contributed by atoms with Crippen molar-refractivity contribution in [2.24, 2.45) is 0 Å². The largest absolute Gasteiger partial charge is 0.378 e. The molecule has 22 heavy (non-hydrogen) atoms. The van der Waals surface area contributed by atoms with Gasteiger partial charge in [-0.15, -0.1) is 0 Å². The normalized spacial score (nSPS) is 11.1. The molecular weight excluding hydrogens is 279 g/mol. The summed E-state index contributed by atoms with van der Waals surface area (Å²) in [6, 6.07) is 10.1. The number of alkyl halides is 1. The first-order valence-electron chi connectivity index (χ1n) is 7.28. The lowest BCUT2D eigenvalue weighted by Crippen LogP contribution is -2.07. The van der Waals surface area contributed by atoms with Gasteiger partial charge in [-0.3, -0.25) is 4.39 Å². The van der Waals surface area contributed by atoms with Gasteiger partial charge < -0.3 is 4.90 Å². The minimum Gasteiger partial charge on any atom is -0.378 e. The number of fused-ring (bicyclic) bond motifs is 1. The molecule has 0 unspecified atom stereocenters. The van der Waals surface area contributed by atoms with Crippen molar-refractivity contribution in [3.8, 4) is 11.3 Å². The molecule has 3 aromatic rings. The smallest absolute Gasteiger partial charge is 0.157 e. The molecule has 0 saturated heterocycles. The molecule has 3 rings (SSSR count). The monoisotopic (exact) mass is 298 g/mol. The third-order valence-electron chi connectivity index (χ3n) is 3.67. The van der Waals surface area contributed by atoms with Crippen molar-refractivity contribution in [2.45, 2.75) is 13.3 Å². The Morgan fingerprint density at radius 2 is 1.91 bits per heavy atom. The molecule has 5 heteroatoms. The summed E-state index contributed by atoms with van der Waals surface area (Å²) in [6.45, 7) is 1.52. The van der Waals surface area contributed by atoms with Crippen molar-refractivity contribution < 1.29 is 4.39 Å². The minimum absolute atomic E-state index is 0.364. The quantitative estimate of drug-likeness (QED) is 0.741. The predicted molar refractivity (Wildman–Crippen MR) is 87.2 cm³/mol. The first-order chi connectivity index (χ1) is 10.6. The van der Waals surface area contributed by atoms with E-state index in [9.17, 15) is 4.39 Å². The van der Waals surface area contributed by atoms with E-state index in [2.05, 4.69) is 27.1 Å². The van der Waals surface area contributed by atoms with E-state index in [1.165, 1.54) is 0 Å². The average Bonchev–Trinajstić information content (AvgIpc) is 2.91. The number of rotatable bonds is 4. The third-order valence-corrected chi connectivity index (χ3v) is 3.67. The highest BCUT2D eigenvalue weighted by molar-refractivity contribution is 5.66. The van der Waals surface area contributed by atoms with Crippen LogP contribution in [0.2, 0.25) is 0 Å². The molecule has 1 aromatic carbocycles. The van der Waals surface area contributed by atoms with Gasteiger partial charge >= 0.3 is 0 Å². The van der Waals surface area contributed by atoms with Gasteiger partial charge in [0.05, 0.1) is 24.3 Å². The number of aryl methyl sites for hydroxylation is 2. The Morgan fingerprint density at radius 3 is 2.55 bits per heavy atom. The zero-order chi connectivity index (χ0) is 15.7. The van der Waals surface area contributed by atoms with E-state index in [0.717, 1.165) is 33.8 Å². The second-order valence-corrected chi connectivity index (χ2v) is 5.59. The van der Waals surface area contributed by atoms with Gasteiger partial charge in [-0.1, -0.05) is 12.1 Å². The van der Waals surface area contributed by atoms with Gasteiger partial charge in [0.25, 0.3) is 0 Å². The van der Waals surface area contributed by atoms with Crippen LogP contribution in [-0.2, 0) is 6.42 Å². The van der Waals surface area contributed by atoms with Gasteiger partial charge in [0.1, 0.15) is 0 Å². The Bertz CT molecular complexity index is 790. The zero-order valence-corrected chi connectivity index (χ0v) is 13.0. The summed E-state index contributed by atoms with van der Waals surface area (Å²) >= 11 is 0. The SMILES string of the molecule is Cc1cc(CCF)c2nc(-c3ccc(N(C)C)cc3)cn2n1. The summed E-state index contributed by atoms with van der Waals surface area (Å²) in [5.41, 5.74) is 5.51. The molecule has 2 heterocycles. The second-order valence-electron chi connectivity index (χ2n) is 5.59. The van der Waals surface area contributed by atoms with E-state index in [4.69, 9.17) is 0 Å². The lowest BCUT2D eigenvalue weighted by Gasteiger charge is -2.11. The maximum Gasteiger partial charge on any atom is 0.157 e. The van der Waals surface area contributed by atoms with E-state index in [1.54, 1.807) is 4.52 Å². The van der Waals surface area contributed by atoms with E-state index < -0.39 is 6.67 Å². The van der Waals surface area contributed by atoms with Crippen LogP contribution >= 0.6 is 0 Å². The highest BCUT2D eigenvalue weighted by atomic mass is 19.1. The van der Waals surface area contributed by atoms with Crippen molar-refractivity contribution in [2.75, 3.05) is 25.7 Å². The molecule has 0 fully saturated rings. The Morgan fingerprint density at radius 1 is 1.18 bits per heavy atom. The summed E-state index contributed by atoms with van der Waals surface area (Å²) in [5, 5.41) is 4.43. The summed E-state index contributed by atoms with van der Waals surface area (Å²) < 4.78 is 14.5. The number of imidazole rings is 1. The molecule has 0 spiro atoms. The standard InChI is InChI=1S/C17H19FN4/c1-12-10-14(8-9-18)17-19-16(11-22(17)20-12)13-4-6-15(7-5-13)21(2)3/h4-7,10-11H,8-9H2,1-3H3. The van der Waals surface area contributed by atoms with Crippen LogP contribution in [0.15, 0.2) is 36.5 Å². The molecule has 0 amide bonds. The van der Waals surface area contributed by atoms with Crippen LogP contribution in [0.3, 0.4) is 0 Å². The van der Waals surface area contributed by atoms with Crippen LogP contribution in [-0.4, -0.2) is 35.4 Å². The minimum atomic E-state index is -0.390. The number of nitrogens with zero attached hydrogens (tertiary/aromatic N) is 4. The van der Waals surface area contributed by atoms with Gasteiger partial charge in [0, 0.05) is 37.3 Å². The van der Waals surface area contributed by atoms with Gasteiger partial charge in [-0.25, -0.2) is 9.50 Å². The van der Waals surface area contributed by atoms with Crippen LogP contribution in [0.4, 0.5) is 10.1 Å². The predicted octanol–water partition coefficient (Wildman–Crippen LogP) is 3.28. The first kappa shape index (κ1) is 14.5. The van der Waals surface area contributed by atoms with Crippen molar-refractivity contribution in [1.82, 2.24) is 14.6 Å². The molecule has 2 aromatic heterocycles. The Hall–Kier alpha value is -2.43. The molecule has 0 aliphatic rings. The zero-order valence-electron chi connectivity index (χ0n) is 13.0. The van der Waals surface area contributed by atoms with Crippen LogP contribution < -0.4 is 4.90 Å². The maximum atomic E-state index is 12.7. The number of benzene rings is 1. The van der Waals surface area contributed by atoms with Crippen molar-refractivity contribution in [3.63, 3.8) is 0 Å². The summed E-state index contributed by atoms with van der Waals surface area (Å²) in [4.78, 5) is 6.69. The van der Waals surface area contributed by atoms with E-state index in [1.807, 2.05) is 45.4 Å². The van der Waals surface area contributed by atoms with Gasteiger partial charge in [0.15, 0.2) is 5.65 Å². The van der Waals surface area contributed by atoms with Gasteiger partial charge in [-0.2, -0.15) is 5.10 Å². The third kappa shape index (κ3) is 2.66. The van der Waals surface area contributed by atoms with Gasteiger partial charge in [0.2, 0.25) is 0 Å². The first-order valence-corrected chi connectivity index (χ1v) is 7.28. The van der Waals surface area contributed by atoms with Crippen molar-refractivity contribution in [1.29, 1.82) is 0 Å². The number of halogens is 1. The fourth-order valence-electron chi connectivity index (χ4n) is 2.54. The van der Waals surface area contributed by atoms with Gasteiger partial charge in [-0.05, 0) is 25.1 Å². The highest BCUT2D eigenvalue weighted by Gasteiger charge is 2.10. The lowest BCUT2D eigenvalue weighted by atomic mass is 10.1. The topological polar surface area (TPSA) is 33.4 Å². The fraction of sp³-hybridized carbons (Fsp3) is 0.294. The van der Waals surface area contributed by atoms with Crippen LogP contribution in [0.25, 0.3) is 16.9 Å². The maximum absolute atomic E-state index is 12.7. The molecule has 0 saturated carbocycles. The van der Waals surface area contributed by atoms with Crippen molar-refractivity contribution >= 4 is 11.3 Å². The van der Waals surface area contributed by atoms with E-state index >= 15 is 0 Å². The molecule has 0 aliphatic heterocycles. The van der Waals surface area contributed by atoms with Crippen molar-refractivity contribution in [3.05, 3.63) is 47.8 Å². The summed E-state index contributed by atoms with van der Waals surface area (Å²) in [5.74, 6) is 0. The van der Waals surface area contributed by atoms with Crippen LogP contribution in [0.1, 0.15) is 11.3 Å². The van der Waals surface area contributed by atoms with Crippen LogP contribution in [0.5, 0.6) is 0 Å². The van der Waals surface area contributed by atoms with E-state index in [-0.39, 0.29) is 0 Å². The molecule has 0 bridgehead atoms. The molecule has 4 nitrogen and oxygen atoms in total. The second kappa shape index (κ2) is 5.75. The molecule has 0 N–H and O–H groups in total. The molecular formula is C17H19FN4. The molecule has 114 valence electrons. The average molecular weight is 298 g/mol. The molecule has 0 radical (unpaired) electrons. The molecule has 0 aliphatic carbocycles. The molecule has 0 atom stereocenters. The number of hydrogen-bond donors (Lipinski definition) is 0. The Kier molecular flexibility index (Phi) is 3.79. The number of aromatic nitrogens is 3. The number of anilines is 1. The highest BCUT2D eigenvalue weighted by Crippen LogP contribution is 2.23. The number of hydrogen-bond acceptors (Lipinski definition) is 3. The Balaban J connectivity index is 2.06. The summed E-state index contributed by atoms with van der Waals surface area (Å²) in [6.07, 6.45) is 2.26. The van der Waals surface area contributed by atoms with Crippen LogP contribution in [0, 0.1) is 6.92 Å². The fourth-order valence-corrected chi connectivity index (χ4v) is 2.54. The summed E-state index contributed by atoms with van der Waals surface area (Å²) in [7, 11) is 4.02.